The van der Waals surface area contributed by atoms with Gasteiger partial charge in [-0.25, -0.2) is 8.42 Å². The number of sulfonamides is 1. The fourth-order valence-corrected chi connectivity index (χ4v) is 3.08. The molecule has 0 amide bonds. The van der Waals surface area contributed by atoms with E-state index in [1.54, 1.807) is 0 Å². The van der Waals surface area contributed by atoms with Gasteiger partial charge in [0.2, 0.25) is 10.0 Å². The summed E-state index contributed by atoms with van der Waals surface area (Å²) in [6, 6.07) is 5.95. The molecule has 1 aromatic carbocycles. The predicted molar refractivity (Wildman–Crippen MR) is 66.2 cm³/mol. The van der Waals surface area contributed by atoms with Crippen molar-refractivity contribution in [3.8, 4) is 0 Å². The molecular formula is C9H10N3NaO2S2. The normalized spacial score (nSPS) is 14.9. The van der Waals surface area contributed by atoms with Crippen LogP contribution >= 0.6 is 11.8 Å². The third-order valence-corrected chi connectivity index (χ3v) is 4.21. The minimum atomic E-state index is -3.64. The molecule has 2 rings (SSSR count). The number of hydrogen-bond donors (Lipinski definition) is 1. The Bertz CT molecular complexity index is 514. The summed E-state index contributed by atoms with van der Waals surface area (Å²) in [6.07, 6.45) is 0. The van der Waals surface area contributed by atoms with Crippen molar-refractivity contribution in [1.29, 1.82) is 0 Å². The van der Waals surface area contributed by atoms with E-state index in [-0.39, 0.29) is 34.5 Å². The Morgan fingerprint density at radius 3 is 2.47 bits per heavy atom. The minimum absolute atomic E-state index is 0. The smallest absolute Gasteiger partial charge is 0.459 e. The van der Waals surface area contributed by atoms with Crippen LogP contribution in [-0.4, -0.2) is 25.9 Å². The average molecular weight is 279 g/mol. The fourth-order valence-electron chi connectivity index (χ4n) is 1.17. The first-order valence-corrected chi connectivity index (χ1v) is 7.01. The van der Waals surface area contributed by atoms with Gasteiger partial charge < -0.3 is 15.4 Å². The van der Waals surface area contributed by atoms with Crippen LogP contribution in [0.4, 0.5) is 5.69 Å². The molecule has 1 aromatic rings. The van der Waals surface area contributed by atoms with Crippen molar-refractivity contribution in [3.05, 3.63) is 29.0 Å². The second-order valence-electron chi connectivity index (χ2n) is 3.15. The van der Waals surface area contributed by atoms with Crippen LogP contribution in [0.3, 0.4) is 0 Å². The monoisotopic (exact) mass is 279 g/mol. The van der Waals surface area contributed by atoms with Crippen LogP contribution in [0.25, 0.3) is 4.72 Å². The number of nitrogen functional groups attached to an aromatic ring is 1. The molecule has 8 heteroatoms. The quantitative estimate of drug-likeness (QED) is 0.524. The average Bonchev–Trinajstić information content (AvgIpc) is 2.70. The summed E-state index contributed by atoms with van der Waals surface area (Å²) in [5.74, 6) is 0.788. The fraction of sp³-hybridized carbons (Fsp3) is 0.222. The van der Waals surface area contributed by atoms with Gasteiger partial charge in [-0.3, -0.25) is 0 Å². The number of aliphatic imine (C=N–C) groups is 1. The molecule has 1 heterocycles. The zero-order valence-corrected chi connectivity index (χ0v) is 13.0. The summed E-state index contributed by atoms with van der Waals surface area (Å²) in [5.41, 5.74) is 6.00. The largest absolute Gasteiger partial charge is 1.00 e. The van der Waals surface area contributed by atoms with Gasteiger partial charge in [0.25, 0.3) is 0 Å². The first kappa shape index (κ1) is 14.8. The molecule has 1 aliphatic heterocycles. The maximum absolute atomic E-state index is 11.8. The molecule has 2 N–H and O–H groups in total. The van der Waals surface area contributed by atoms with E-state index in [0.717, 1.165) is 5.75 Å². The topological polar surface area (TPSA) is 86.6 Å². The summed E-state index contributed by atoms with van der Waals surface area (Å²) in [5, 5.41) is 0.330. The van der Waals surface area contributed by atoms with Crippen LogP contribution in [0.5, 0.6) is 0 Å². The predicted octanol–water partition coefficient (Wildman–Crippen LogP) is -1.56. The van der Waals surface area contributed by atoms with Crippen LogP contribution in [0.15, 0.2) is 34.2 Å². The number of nitrogens with two attached hydrogens (primary N) is 1. The Balaban J connectivity index is 0.00000144. The van der Waals surface area contributed by atoms with E-state index in [9.17, 15) is 8.42 Å². The van der Waals surface area contributed by atoms with Gasteiger partial charge in [0.05, 0.1) is 4.90 Å². The van der Waals surface area contributed by atoms with E-state index in [2.05, 4.69) is 9.71 Å². The number of amidine groups is 1. The molecule has 0 saturated carbocycles. The molecule has 0 bridgehead atoms. The Morgan fingerprint density at radius 1 is 1.29 bits per heavy atom. The van der Waals surface area contributed by atoms with Crippen molar-refractivity contribution >= 4 is 32.6 Å². The summed E-state index contributed by atoms with van der Waals surface area (Å²) < 4.78 is 27.2. The van der Waals surface area contributed by atoms with Gasteiger partial charge in [-0.05, 0) is 41.7 Å². The summed E-state index contributed by atoms with van der Waals surface area (Å²) in [7, 11) is -3.64. The second-order valence-corrected chi connectivity index (χ2v) is 5.81. The van der Waals surface area contributed by atoms with Crippen molar-refractivity contribution in [2.24, 2.45) is 4.99 Å². The zero-order valence-electron chi connectivity index (χ0n) is 9.33. The molecular weight excluding hydrogens is 269 g/mol. The van der Waals surface area contributed by atoms with E-state index >= 15 is 0 Å². The minimum Gasteiger partial charge on any atom is -0.459 e. The van der Waals surface area contributed by atoms with Crippen LogP contribution in [0.1, 0.15) is 0 Å². The van der Waals surface area contributed by atoms with Crippen LogP contribution in [0, 0.1) is 0 Å². The van der Waals surface area contributed by atoms with Gasteiger partial charge in [0, 0.05) is 5.69 Å². The Kier molecular flexibility index (Phi) is 5.33. The van der Waals surface area contributed by atoms with E-state index in [0.29, 0.717) is 17.4 Å². The van der Waals surface area contributed by atoms with Crippen molar-refractivity contribution in [3.63, 3.8) is 0 Å². The summed E-state index contributed by atoms with van der Waals surface area (Å²) in [6.45, 7) is 0.626. The van der Waals surface area contributed by atoms with Gasteiger partial charge in [0.1, 0.15) is 0 Å². The maximum Gasteiger partial charge on any atom is 1.00 e. The van der Waals surface area contributed by atoms with Gasteiger partial charge >= 0.3 is 29.6 Å². The van der Waals surface area contributed by atoms with E-state index in [1.807, 2.05) is 0 Å². The first-order chi connectivity index (χ1) is 7.58. The zero-order chi connectivity index (χ0) is 11.6. The molecule has 0 unspecified atom stereocenters. The molecule has 0 radical (unpaired) electrons. The molecule has 0 aliphatic carbocycles. The Hall–Kier alpha value is -0.210. The first-order valence-electron chi connectivity index (χ1n) is 4.59. The van der Waals surface area contributed by atoms with Gasteiger partial charge in [-0.15, -0.1) is 11.8 Å². The number of nitrogens with zero attached hydrogens (tertiary/aromatic N) is 2. The summed E-state index contributed by atoms with van der Waals surface area (Å²) in [4.78, 5) is 4.11. The van der Waals surface area contributed by atoms with Crippen molar-refractivity contribution < 1.29 is 38.0 Å². The molecule has 5 nitrogen and oxygen atoms in total. The SMILES string of the molecule is Nc1ccc(S(=O)(=O)[N-]C2=NCCS2)cc1.[Na+]. The van der Waals surface area contributed by atoms with Crippen LogP contribution < -0.4 is 35.3 Å². The van der Waals surface area contributed by atoms with Gasteiger partial charge in [-0.2, -0.15) is 0 Å². The number of hydrogen-bond acceptors (Lipinski definition) is 5. The van der Waals surface area contributed by atoms with E-state index < -0.39 is 10.0 Å². The molecule has 0 fully saturated rings. The Labute approximate surface area is 127 Å². The third-order valence-electron chi connectivity index (χ3n) is 1.95. The summed E-state index contributed by atoms with van der Waals surface area (Å²) >= 11 is 1.35. The molecule has 0 spiro atoms. The maximum atomic E-state index is 11.8. The molecule has 0 atom stereocenters. The molecule has 17 heavy (non-hydrogen) atoms. The number of thioether (sulfide) groups is 1. The van der Waals surface area contributed by atoms with Gasteiger partial charge in [-0.1, -0.05) is 0 Å². The van der Waals surface area contributed by atoms with E-state index in [4.69, 9.17) is 5.73 Å². The van der Waals surface area contributed by atoms with E-state index in [1.165, 1.54) is 36.0 Å². The molecule has 1 aliphatic rings. The molecule has 86 valence electrons. The van der Waals surface area contributed by atoms with Crippen molar-refractivity contribution in [2.45, 2.75) is 4.90 Å². The third kappa shape index (κ3) is 3.89. The Morgan fingerprint density at radius 2 is 1.94 bits per heavy atom. The standard InChI is InChI=1S/C9H10N3O2S2.Na/c10-7-1-3-8(4-2-7)16(13,14)12-9-11-5-6-15-9;/h1-4H,5-6,10H2;/q-1;+1. The molecule has 0 aromatic heterocycles. The number of rotatable bonds is 2. The van der Waals surface area contributed by atoms with Gasteiger partial charge in [0.15, 0.2) is 0 Å². The van der Waals surface area contributed by atoms with Crippen LogP contribution in [0.2, 0.25) is 0 Å². The molecule has 0 saturated heterocycles. The van der Waals surface area contributed by atoms with Crippen molar-refractivity contribution in [1.82, 2.24) is 0 Å². The number of anilines is 1. The second kappa shape index (κ2) is 6.10. The number of benzene rings is 1. The van der Waals surface area contributed by atoms with Crippen molar-refractivity contribution in [2.75, 3.05) is 18.0 Å². The van der Waals surface area contributed by atoms with Crippen LogP contribution in [-0.2, 0) is 10.0 Å².